The zero-order valence-corrected chi connectivity index (χ0v) is 18.3. The first-order valence-corrected chi connectivity index (χ1v) is 9.13. The van der Waals surface area contributed by atoms with Crippen LogP contribution in [0.2, 0.25) is 0 Å². The van der Waals surface area contributed by atoms with Gasteiger partial charge in [0.2, 0.25) is 0 Å². The lowest BCUT2D eigenvalue weighted by molar-refractivity contribution is 0.0972. The summed E-state index contributed by atoms with van der Waals surface area (Å²) in [7, 11) is 0. The molecular weight excluding hydrogens is 445 g/mol. The van der Waals surface area contributed by atoms with E-state index in [2.05, 4.69) is 34.4 Å². The number of nitrogens with two attached hydrogens (primary N) is 1. The van der Waals surface area contributed by atoms with Gasteiger partial charge in [0, 0.05) is 32.2 Å². The number of rotatable bonds is 7. The minimum atomic E-state index is -0.562. The molecular formula is C18H32IN5O2. The minimum absolute atomic E-state index is 0. The SMILES string of the molecule is CCNC(=NCc1ccc(C(N)=O)o1)NC1CCN(CC(C)C)CC1.I. The number of primary amides is 1. The van der Waals surface area contributed by atoms with Crippen LogP contribution in [0.4, 0.5) is 0 Å². The summed E-state index contributed by atoms with van der Waals surface area (Å²) in [6, 6.07) is 3.74. The van der Waals surface area contributed by atoms with Crippen molar-refractivity contribution in [3.05, 3.63) is 23.7 Å². The number of carbonyl (C=O) groups excluding carboxylic acids is 1. The molecule has 0 atom stereocenters. The number of likely N-dealkylation sites (tertiary alicyclic amines) is 1. The van der Waals surface area contributed by atoms with Gasteiger partial charge in [-0.1, -0.05) is 13.8 Å². The normalized spacial score (nSPS) is 16.4. The first-order chi connectivity index (χ1) is 12.0. The first-order valence-electron chi connectivity index (χ1n) is 9.13. The molecule has 1 fully saturated rings. The van der Waals surface area contributed by atoms with Crippen molar-refractivity contribution in [3.8, 4) is 0 Å². The van der Waals surface area contributed by atoms with E-state index in [0.717, 1.165) is 38.4 Å². The standard InChI is InChI=1S/C18H31N5O2.HI/c1-4-20-18(21-11-15-5-6-16(25-15)17(19)24)22-14-7-9-23(10-8-14)12-13(2)3;/h5-6,13-14H,4,7-12H2,1-3H3,(H2,19,24)(H2,20,21,22);1H. The van der Waals surface area contributed by atoms with Crippen LogP contribution in [0.15, 0.2) is 21.5 Å². The molecule has 0 aliphatic carbocycles. The monoisotopic (exact) mass is 477 g/mol. The van der Waals surface area contributed by atoms with Gasteiger partial charge in [-0.25, -0.2) is 4.99 Å². The van der Waals surface area contributed by atoms with Crippen LogP contribution in [0, 0.1) is 5.92 Å². The topological polar surface area (TPSA) is 95.9 Å². The van der Waals surface area contributed by atoms with Gasteiger partial charge in [0.05, 0.1) is 0 Å². The van der Waals surface area contributed by atoms with E-state index >= 15 is 0 Å². The zero-order valence-electron chi connectivity index (χ0n) is 16.0. The van der Waals surface area contributed by atoms with Gasteiger partial charge in [-0.05, 0) is 37.8 Å². The Bertz CT molecular complexity index is 580. The Hall–Kier alpha value is -1.29. The van der Waals surface area contributed by atoms with E-state index in [9.17, 15) is 4.79 Å². The molecule has 0 aromatic carbocycles. The van der Waals surface area contributed by atoms with Crippen LogP contribution in [0.25, 0.3) is 0 Å². The smallest absolute Gasteiger partial charge is 0.284 e. The number of amides is 1. The van der Waals surface area contributed by atoms with Gasteiger partial charge in [0.1, 0.15) is 12.3 Å². The molecule has 0 bridgehead atoms. The minimum Gasteiger partial charge on any atom is -0.454 e. The number of halogens is 1. The van der Waals surface area contributed by atoms with Crippen LogP contribution in [0.5, 0.6) is 0 Å². The van der Waals surface area contributed by atoms with Gasteiger partial charge < -0.3 is 25.7 Å². The molecule has 1 aliphatic heterocycles. The predicted octanol–water partition coefficient (Wildman–Crippen LogP) is 2.17. The van der Waals surface area contributed by atoms with Crippen molar-refractivity contribution in [3.63, 3.8) is 0 Å². The second-order valence-corrected chi connectivity index (χ2v) is 6.94. The Labute approximate surface area is 173 Å². The molecule has 0 saturated carbocycles. The van der Waals surface area contributed by atoms with Gasteiger partial charge in [0.25, 0.3) is 5.91 Å². The molecule has 1 aromatic heterocycles. The number of nitrogens with one attached hydrogen (secondary N) is 2. The lowest BCUT2D eigenvalue weighted by atomic mass is 10.0. The van der Waals surface area contributed by atoms with Crippen molar-refractivity contribution in [2.24, 2.45) is 16.6 Å². The highest BCUT2D eigenvalue weighted by Crippen LogP contribution is 2.12. The summed E-state index contributed by atoms with van der Waals surface area (Å²) < 4.78 is 5.37. The third kappa shape index (κ3) is 7.53. The fourth-order valence-electron chi connectivity index (χ4n) is 3.04. The molecule has 7 nitrogen and oxygen atoms in total. The van der Waals surface area contributed by atoms with E-state index in [4.69, 9.17) is 10.2 Å². The Morgan fingerprint density at radius 3 is 2.62 bits per heavy atom. The molecule has 148 valence electrons. The van der Waals surface area contributed by atoms with Crippen molar-refractivity contribution in [1.29, 1.82) is 0 Å². The first kappa shape index (κ1) is 22.8. The van der Waals surface area contributed by atoms with E-state index in [0.29, 0.717) is 24.3 Å². The summed E-state index contributed by atoms with van der Waals surface area (Å²) >= 11 is 0. The number of furan rings is 1. The number of hydrogen-bond donors (Lipinski definition) is 3. The van der Waals surface area contributed by atoms with Crippen molar-refractivity contribution in [2.45, 2.75) is 46.2 Å². The molecule has 0 radical (unpaired) electrons. The van der Waals surface area contributed by atoms with Crippen LogP contribution in [-0.4, -0.2) is 49.0 Å². The number of hydrogen-bond acceptors (Lipinski definition) is 4. The summed E-state index contributed by atoms with van der Waals surface area (Å²) in [6.45, 7) is 11.1. The molecule has 0 spiro atoms. The lowest BCUT2D eigenvalue weighted by Gasteiger charge is -2.34. The van der Waals surface area contributed by atoms with Gasteiger partial charge in [-0.3, -0.25) is 4.79 Å². The molecule has 2 rings (SSSR count). The zero-order chi connectivity index (χ0) is 18.2. The van der Waals surface area contributed by atoms with Crippen molar-refractivity contribution in [1.82, 2.24) is 15.5 Å². The summed E-state index contributed by atoms with van der Waals surface area (Å²) in [5.74, 6) is 1.72. The third-order valence-electron chi connectivity index (χ3n) is 4.19. The summed E-state index contributed by atoms with van der Waals surface area (Å²) in [4.78, 5) is 18.2. The van der Waals surface area contributed by atoms with Crippen molar-refractivity contribution >= 4 is 35.8 Å². The highest BCUT2D eigenvalue weighted by Gasteiger charge is 2.20. The molecule has 0 unspecified atom stereocenters. The van der Waals surface area contributed by atoms with Crippen LogP contribution >= 0.6 is 24.0 Å². The summed E-state index contributed by atoms with van der Waals surface area (Å²) in [5.41, 5.74) is 5.20. The average Bonchev–Trinajstić information content (AvgIpc) is 3.03. The number of aliphatic imine (C=N–C) groups is 1. The molecule has 26 heavy (non-hydrogen) atoms. The maximum absolute atomic E-state index is 11.1. The van der Waals surface area contributed by atoms with Crippen molar-refractivity contribution in [2.75, 3.05) is 26.2 Å². The summed E-state index contributed by atoms with van der Waals surface area (Å²) in [6.07, 6.45) is 2.23. The van der Waals surface area contributed by atoms with Crippen LogP contribution in [0.1, 0.15) is 49.9 Å². The Kier molecular flexibility index (Phi) is 10.0. The molecule has 1 aliphatic rings. The average molecular weight is 477 g/mol. The number of piperidine rings is 1. The van der Waals surface area contributed by atoms with Gasteiger partial charge in [0.15, 0.2) is 11.7 Å². The Morgan fingerprint density at radius 2 is 2.08 bits per heavy atom. The quantitative estimate of drug-likeness (QED) is 0.318. The van der Waals surface area contributed by atoms with Crippen LogP contribution in [-0.2, 0) is 6.54 Å². The van der Waals surface area contributed by atoms with E-state index < -0.39 is 5.91 Å². The Balaban J connectivity index is 0.00000338. The lowest BCUT2D eigenvalue weighted by Crippen LogP contribution is -2.49. The van der Waals surface area contributed by atoms with E-state index in [1.54, 1.807) is 12.1 Å². The van der Waals surface area contributed by atoms with Crippen LogP contribution < -0.4 is 16.4 Å². The molecule has 1 saturated heterocycles. The van der Waals surface area contributed by atoms with E-state index in [1.807, 2.05) is 6.92 Å². The van der Waals surface area contributed by atoms with Gasteiger partial charge in [-0.2, -0.15) is 0 Å². The molecule has 1 aromatic rings. The fourth-order valence-corrected chi connectivity index (χ4v) is 3.04. The summed E-state index contributed by atoms with van der Waals surface area (Å²) in [5, 5.41) is 6.77. The van der Waals surface area contributed by atoms with Crippen LogP contribution in [0.3, 0.4) is 0 Å². The maximum atomic E-state index is 11.1. The molecule has 4 N–H and O–H groups in total. The fraction of sp³-hybridized carbons (Fsp3) is 0.667. The highest BCUT2D eigenvalue weighted by molar-refractivity contribution is 14.0. The number of nitrogens with zero attached hydrogens (tertiary/aromatic N) is 2. The second-order valence-electron chi connectivity index (χ2n) is 6.94. The maximum Gasteiger partial charge on any atom is 0.284 e. The van der Waals surface area contributed by atoms with E-state index in [1.165, 1.54) is 6.54 Å². The molecule has 8 heteroatoms. The Morgan fingerprint density at radius 1 is 1.38 bits per heavy atom. The largest absolute Gasteiger partial charge is 0.454 e. The predicted molar refractivity (Wildman–Crippen MR) is 115 cm³/mol. The number of guanidine groups is 1. The third-order valence-corrected chi connectivity index (χ3v) is 4.19. The van der Waals surface area contributed by atoms with Gasteiger partial charge in [-0.15, -0.1) is 24.0 Å². The highest BCUT2D eigenvalue weighted by atomic mass is 127. The van der Waals surface area contributed by atoms with E-state index in [-0.39, 0.29) is 29.7 Å². The second kappa shape index (κ2) is 11.4. The molecule has 2 heterocycles. The number of carbonyl (C=O) groups is 1. The van der Waals surface area contributed by atoms with Crippen molar-refractivity contribution < 1.29 is 9.21 Å². The van der Waals surface area contributed by atoms with Gasteiger partial charge >= 0.3 is 0 Å². The molecule has 1 amide bonds.